The van der Waals surface area contributed by atoms with Crippen molar-refractivity contribution in [3.05, 3.63) is 42.5 Å². The third-order valence-corrected chi connectivity index (χ3v) is 3.47. The average molecular weight is 287 g/mol. The standard InChI is InChI=1S/C15H21N5O/c1-12(14(21)18(2)3)19(4)11-13-7-5-10-20(13)15-16-8-6-9-17-15/h5-10,12H,11H2,1-4H3/t12-/m0/s1. The second-order valence-corrected chi connectivity index (χ2v) is 5.24. The Hall–Kier alpha value is -2.21. The summed E-state index contributed by atoms with van der Waals surface area (Å²) in [5.74, 6) is 0.726. The topological polar surface area (TPSA) is 54.3 Å². The van der Waals surface area contributed by atoms with E-state index in [-0.39, 0.29) is 11.9 Å². The first kappa shape index (κ1) is 15.2. The van der Waals surface area contributed by atoms with E-state index in [1.54, 1.807) is 37.5 Å². The van der Waals surface area contributed by atoms with Gasteiger partial charge in [0.25, 0.3) is 0 Å². The van der Waals surface area contributed by atoms with E-state index in [0.717, 1.165) is 5.69 Å². The molecule has 0 spiro atoms. The van der Waals surface area contributed by atoms with Crippen LogP contribution in [0.1, 0.15) is 12.6 Å². The van der Waals surface area contributed by atoms with E-state index >= 15 is 0 Å². The summed E-state index contributed by atoms with van der Waals surface area (Å²) in [6, 6.07) is 5.58. The van der Waals surface area contributed by atoms with E-state index in [1.807, 2.05) is 41.8 Å². The summed E-state index contributed by atoms with van der Waals surface area (Å²) in [5, 5.41) is 0. The molecule has 2 aromatic heterocycles. The lowest BCUT2D eigenvalue weighted by molar-refractivity contribution is -0.133. The molecule has 2 aromatic rings. The summed E-state index contributed by atoms with van der Waals surface area (Å²) in [7, 11) is 5.48. The van der Waals surface area contributed by atoms with Crippen LogP contribution in [0.4, 0.5) is 0 Å². The number of carbonyl (C=O) groups excluding carboxylic acids is 1. The lowest BCUT2D eigenvalue weighted by atomic mass is 10.2. The first-order valence-electron chi connectivity index (χ1n) is 6.85. The van der Waals surface area contributed by atoms with Gasteiger partial charge in [0.2, 0.25) is 11.9 Å². The first-order valence-corrected chi connectivity index (χ1v) is 6.85. The van der Waals surface area contributed by atoms with Gasteiger partial charge in [-0.2, -0.15) is 0 Å². The highest BCUT2D eigenvalue weighted by molar-refractivity contribution is 5.80. The van der Waals surface area contributed by atoms with Crippen molar-refractivity contribution in [2.24, 2.45) is 0 Å². The summed E-state index contributed by atoms with van der Waals surface area (Å²) in [5.41, 5.74) is 1.04. The number of hydrogen-bond acceptors (Lipinski definition) is 4. The highest BCUT2D eigenvalue weighted by Gasteiger charge is 2.20. The minimum atomic E-state index is -0.181. The van der Waals surface area contributed by atoms with Gasteiger partial charge in [-0.15, -0.1) is 0 Å². The largest absolute Gasteiger partial charge is 0.347 e. The molecular weight excluding hydrogens is 266 g/mol. The van der Waals surface area contributed by atoms with Crippen LogP contribution in [0.25, 0.3) is 5.95 Å². The molecule has 6 heteroatoms. The number of rotatable bonds is 5. The zero-order valence-corrected chi connectivity index (χ0v) is 12.9. The molecule has 0 saturated heterocycles. The second kappa shape index (κ2) is 6.49. The van der Waals surface area contributed by atoms with Crippen molar-refractivity contribution in [2.45, 2.75) is 19.5 Å². The molecule has 0 aliphatic heterocycles. The van der Waals surface area contributed by atoms with Gasteiger partial charge in [0.1, 0.15) is 0 Å². The van der Waals surface area contributed by atoms with Crippen LogP contribution in [0.3, 0.4) is 0 Å². The minimum Gasteiger partial charge on any atom is -0.347 e. The van der Waals surface area contributed by atoms with Crippen LogP contribution >= 0.6 is 0 Å². The number of nitrogens with zero attached hydrogens (tertiary/aromatic N) is 5. The molecule has 0 bridgehead atoms. The number of aromatic nitrogens is 3. The van der Waals surface area contributed by atoms with E-state index in [0.29, 0.717) is 12.5 Å². The summed E-state index contributed by atoms with van der Waals surface area (Å²) in [4.78, 5) is 24.2. The first-order chi connectivity index (χ1) is 10.0. The number of amides is 1. The van der Waals surface area contributed by atoms with Gasteiger partial charge in [-0.3, -0.25) is 14.3 Å². The fourth-order valence-corrected chi connectivity index (χ4v) is 2.11. The van der Waals surface area contributed by atoms with Crippen LogP contribution in [0.5, 0.6) is 0 Å². The fraction of sp³-hybridized carbons (Fsp3) is 0.400. The maximum absolute atomic E-state index is 12.0. The van der Waals surface area contributed by atoms with Gasteiger partial charge in [0, 0.05) is 44.9 Å². The van der Waals surface area contributed by atoms with E-state index in [1.165, 1.54) is 0 Å². The predicted molar refractivity (Wildman–Crippen MR) is 81.0 cm³/mol. The highest BCUT2D eigenvalue weighted by Crippen LogP contribution is 2.12. The Bertz CT molecular complexity index is 593. The van der Waals surface area contributed by atoms with Crippen LogP contribution in [0.2, 0.25) is 0 Å². The molecule has 21 heavy (non-hydrogen) atoms. The summed E-state index contributed by atoms with van der Waals surface area (Å²) < 4.78 is 1.93. The van der Waals surface area contributed by atoms with E-state index in [4.69, 9.17) is 0 Å². The van der Waals surface area contributed by atoms with Crippen molar-refractivity contribution in [2.75, 3.05) is 21.1 Å². The third kappa shape index (κ3) is 3.46. The van der Waals surface area contributed by atoms with Crippen molar-refractivity contribution in [1.29, 1.82) is 0 Å². The highest BCUT2D eigenvalue weighted by atomic mass is 16.2. The van der Waals surface area contributed by atoms with Gasteiger partial charge in [0.05, 0.1) is 6.04 Å². The van der Waals surface area contributed by atoms with Crippen LogP contribution in [-0.2, 0) is 11.3 Å². The molecular formula is C15H21N5O. The summed E-state index contributed by atoms with van der Waals surface area (Å²) >= 11 is 0. The van der Waals surface area contributed by atoms with Gasteiger partial charge in [-0.25, -0.2) is 9.97 Å². The van der Waals surface area contributed by atoms with E-state index < -0.39 is 0 Å². The van der Waals surface area contributed by atoms with E-state index in [2.05, 4.69) is 9.97 Å². The maximum Gasteiger partial charge on any atom is 0.239 e. The second-order valence-electron chi connectivity index (χ2n) is 5.24. The smallest absolute Gasteiger partial charge is 0.239 e. The molecule has 6 nitrogen and oxygen atoms in total. The number of carbonyl (C=O) groups is 1. The van der Waals surface area contributed by atoms with Gasteiger partial charge >= 0.3 is 0 Å². The van der Waals surface area contributed by atoms with Gasteiger partial charge in [-0.1, -0.05) is 0 Å². The van der Waals surface area contributed by atoms with Crippen molar-refractivity contribution >= 4 is 5.91 Å². The predicted octanol–water partition coefficient (Wildman–Crippen LogP) is 1.18. The molecule has 0 aliphatic carbocycles. The van der Waals surface area contributed by atoms with Gasteiger partial charge in [-0.05, 0) is 32.2 Å². The molecule has 0 unspecified atom stereocenters. The van der Waals surface area contributed by atoms with Crippen LogP contribution in [-0.4, -0.2) is 57.4 Å². The summed E-state index contributed by atoms with van der Waals surface area (Å²) in [6.45, 7) is 2.56. The zero-order chi connectivity index (χ0) is 15.4. The number of hydrogen-bond donors (Lipinski definition) is 0. The van der Waals surface area contributed by atoms with Gasteiger partial charge < -0.3 is 4.90 Å². The molecule has 0 N–H and O–H groups in total. The average Bonchev–Trinajstić information content (AvgIpc) is 2.94. The Morgan fingerprint density at radius 3 is 2.52 bits per heavy atom. The normalized spacial score (nSPS) is 12.4. The molecule has 0 aliphatic rings. The van der Waals surface area contributed by atoms with E-state index in [9.17, 15) is 4.79 Å². The Morgan fingerprint density at radius 2 is 1.90 bits per heavy atom. The maximum atomic E-state index is 12.0. The Kier molecular flexibility index (Phi) is 4.70. The molecule has 112 valence electrons. The lowest BCUT2D eigenvalue weighted by Gasteiger charge is -2.26. The SMILES string of the molecule is C[C@@H](C(=O)N(C)C)N(C)Cc1cccn1-c1ncccn1. The molecule has 1 amide bonds. The van der Waals surface area contributed by atoms with Crippen LogP contribution in [0.15, 0.2) is 36.8 Å². The molecule has 0 radical (unpaired) electrons. The lowest BCUT2D eigenvalue weighted by Crippen LogP contribution is -2.42. The van der Waals surface area contributed by atoms with Crippen molar-refractivity contribution in [3.63, 3.8) is 0 Å². The Labute approximate surface area is 125 Å². The third-order valence-electron chi connectivity index (χ3n) is 3.47. The zero-order valence-electron chi connectivity index (χ0n) is 12.9. The molecule has 0 aromatic carbocycles. The molecule has 2 rings (SSSR count). The molecule has 0 fully saturated rings. The molecule has 0 saturated carbocycles. The number of likely N-dealkylation sites (N-methyl/N-ethyl adjacent to an activating group) is 2. The summed E-state index contributed by atoms with van der Waals surface area (Å²) in [6.07, 6.45) is 5.36. The Morgan fingerprint density at radius 1 is 1.24 bits per heavy atom. The fourth-order valence-electron chi connectivity index (χ4n) is 2.11. The van der Waals surface area contributed by atoms with Crippen molar-refractivity contribution < 1.29 is 4.79 Å². The van der Waals surface area contributed by atoms with Crippen molar-refractivity contribution in [1.82, 2.24) is 24.3 Å². The van der Waals surface area contributed by atoms with Crippen LogP contribution < -0.4 is 0 Å². The Balaban J connectivity index is 2.14. The monoisotopic (exact) mass is 287 g/mol. The van der Waals surface area contributed by atoms with Gasteiger partial charge in [0.15, 0.2) is 0 Å². The van der Waals surface area contributed by atoms with Crippen LogP contribution in [0, 0.1) is 0 Å². The quantitative estimate of drug-likeness (QED) is 0.828. The van der Waals surface area contributed by atoms with Crippen molar-refractivity contribution in [3.8, 4) is 5.95 Å². The molecule has 1 atom stereocenters. The molecule has 2 heterocycles. The minimum absolute atomic E-state index is 0.0894.